The van der Waals surface area contributed by atoms with Crippen molar-refractivity contribution in [3.63, 3.8) is 0 Å². The van der Waals surface area contributed by atoms with Gasteiger partial charge in [0.1, 0.15) is 5.82 Å². The second kappa shape index (κ2) is 5.85. The molecule has 4 heteroatoms. The van der Waals surface area contributed by atoms with Crippen molar-refractivity contribution in [2.75, 3.05) is 0 Å². The molecule has 0 radical (unpaired) electrons. The lowest BCUT2D eigenvalue weighted by molar-refractivity contribution is -0.137. The van der Waals surface area contributed by atoms with Crippen LogP contribution in [-0.4, -0.2) is 11.1 Å². The molecule has 0 aliphatic heterocycles. The van der Waals surface area contributed by atoms with Gasteiger partial charge in [0.2, 0.25) is 0 Å². The normalized spacial score (nSPS) is 12.1. The molecule has 0 aliphatic carbocycles. The van der Waals surface area contributed by atoms with Crippen molar-refractivity contribution in [3.8, 4) is 0 Å². The summed E-state index contributed by atoms with van der Waals surface area (Å²) in [6, 6.07) is 12.9. The summed E-state index contributed by atoms with van der Waals surface area (Å²) in [5.41, 5.74) is 1.62. The van der Waals surface area contributed by atoms with Crippen LogP contribution < -0.4 is 0 Å². The minimum absolute atomic E-state index is 0.0483. The van der Waals surface area contributed by atoms with E-state index >= 15 is 0 Å². The van der Waals surface area contributed by atoms with Gasteiger partial charge < -0.3 is 5.11 Å². The van der Waals surface area contributed by atoms with E-state index in [0.29, 0.717) is 5.02 Å². The van der Waals surface area contributed by atoms with Crippen molar-refractivity contribution < 1.29 is 14.3 Å². The third kappa shape index (κ3) is 3.55. The Morgan fingerprint density at radius 3 is 2.00 bits per heavy atom. The first kappa shape index (κ1) is 13.6. The SMILES string of the molecule is O=C(O)C[C@@H](c1ccc(F)cc1)c1ccc(Cl)cc1. The van der Waals surface area contributed by atoms with E-state index in [1.807, 2.05) is 0 Å². The molecule has 0 fully saturated rings. The monoisotopic (exact) mass is 278 g/mol. The Kier molecular flexibility index (Phi) is 4.17. The second-order valence-corrected chi connectivity index (χ2v) is 4.69. The van der Waals surface area contributed by atoms with Crippen molar-refractivity contribution in [1.29, 1.82) is 0 Å². The van der Waals surface area contributed by atoms with Crippen LogP contribution in [0.4, 0.5) is 4.39 Å². The summed E-state index contributed by atoms with van der Waals surface area (Å²) in [6.45, 7) is 0. The van der Waals surface area contributed by atoms with Crippen LogP contribution in [0.1, 0.15) is 23.5 Å². The topological polar surface area (TPSA) is 37.3 Å². The van der Waals surface area contributed by atoms with Crippen molar-refractivity contribution in [2.45, 2.75) is 12.3 Å². The van der Waals surface area contributed by atoms with E-state index in [9.17, 15) is 9.18 Å². The Bertz CT molecular complexity index is 518. The van der Waals surface area contributed by atoms with E-state index in [4.69, 9.17) is 16.7 Å². The van der Waals surface area contributed by atoms with Crippen molar-refractivity contribution >= 4 is 17.6 Å². The summed E-state index contributed by atoms with van der Waals surface area (Å²) in [4.78, 5) is 11.0. The molecule has 0 spiro atoms. The predicted molar refractivity (Wildman–Crippen MR) is 71.9 cm³/mol. The van der Waals surface area contributed by atoms with Crippen LogP contribution in [0.25, 0.3) is 0 Å². The molecule has 2 nitrogen and oxygen atoms in total. The molecule has 0 saturated carbocycles. The number of carbonyl (C=O) groups is 1. The van der Waals surface area contributed by atoms with E-state index in [1.54, 1.807) is 36.4 Å². The lowest BCUT2D eigenvalue weighted by Crippen LogP contribution is -2.08. The van der Waals surface area contributed by atoms with Crippen LogP contribution in [0.2, 0.25) is 5.02 Å². The van der Waals surface area contributed by atoms with E-state index in [0.717, 1.165) is 11.1 Å². The van der Waals surface area contributed by atoms with Crippen molar-refractivity contribution in [1.82, 2.24) is 0 Å². The summed E-state index contributed by atoms with van der Waals surface area (Å²) in [6.07, 6.45) is -0.0483. The summed E-state index contributed by atoms with van der Waals surface area (Å²) >= 11 is 5.82. The number of benzene rings is 2. The standard InChI is InChI=1S/C15H12ClFO2/c16-12-5-1-10(2-6-12)14(9-15(18)19)11-3-7-13(17)8-4-11/h1-8,14H,9H2,(H,18,19)/t14-/m1/s1. The van der Waals surface area contributed by atoms with Gasteiger partial charge in [0.05, 0.1) is 6.42 Å². The number of rotatable bonds is 4. The first-order valence-electron chi connectivity index (χ1n) is 5.79. The Morgan fingerprint density at radius 1 is 1.05 bits per heavy atom. The number of carboxylic acids is 1. The van der Waals surface area contributed by atoms with Crippen LogP contribution in [0.15, 0.2) is 48.5 Å². The van der Waals surface area contributed by atoms with E-state index in [2.05, 4.69) is 0 Å². The van der Waals surface area contributed by atoms with E-state index in [1.165, 1.54) is 12.1 Å². The second-order valence-electron chi connectivity index (χ2n) is 4.25. The molecule has 0 saturated heterocycles. The average molecular weight is 279 g/mol. The fourth-order valence-corrected chi connectivity index (χ4v) is 2.12. The molecular weight excluding hydrogens is 267 g/mol. The summed E-state index contributed by atoms with van der Waals surface area (Å²) in [7, 11) is 0. The molecule has 2 aromatic carbocycles. The smallest absolute Gasteiger partial charge is 0.304 e. The maximum Gasteiger partial charge on any atom is 0.304 e. The Labute approximate surface area is 115 Å². The summed E-state index contributed by atoms with van der Waals surface area (Å²) in [5.74, 6) is -1.55. The quantitative estimate of drug-likeness (QED) is 0.915. The molecule has 1 atom stereocenters. The van der Waals surface area contributed by atoms with E-state index in [-0.39, 0.29) is 18.2 Å². The van der Waals surface area contributed by atoms with Gasteiger partial charge in [-0.3, -0.25) is 4.79 Å². The Hall–Kier alpha value is -1.87. The maximum atomic E-state index is 12.9. The third-order valence-electron chi connectivity index (χ3n) is 2.92. The third-order valence-corrected chi connectivity index (χ3v) is 3.18. The fraction of sp³-hybridized carbons (Fsp3) is 0.133. The van der Waals surface area contributed by atoms with Gasteiger partial charge in [0.25, 0.3) is 0 Å². The van der Waals surface area contributed by atoms with Gasteiger partial charge in [-0.05, 0) is 35.4 Å². The lowest BCUT2D eigenvalue weighted by atomic mass is 9.88. The van der Waals surface area contributed by atoms with Crippen molar-refractivity contribution in [3.05, 3.63) is 70.5 Å². The zero-order valence-corrected chi connectivity index (χ0v) is 10.8. The Morgan fingerprint density at radius 2 is 1.53 bits per heavy atom. The number of carboxylic acid groups (broad SMARTS) is 1. The van der Waals surface area contributed by atoms with Crippen molar-refractivity contribution in [2.24, 2.45) is 0 Å². The zero-order valence-electron chi connectivity index (χ0n) is 10.0. The van der Waals surface area contributed by atoms with Crippen LogP contribution in [-0.2, 0) is 4.79 Å². The molecule has 19 heavy (non-hydrogen) atoms. The maximum absolute atomic E-state index is 12.9. The molecule has 98 valence electrons. The van der Waals surface area contributed by atoms with Crippen LogP contribution >= 0.6 is 11.6 Å². The van der Waals surface area contributed by atoms with Gasteiger partial charge in [-0.25, -0.2) is 4.39 Å². The molecule has 2 rings (SSSR count). The summed E-state index contributed by atoms with van der Waals surface area (Å²) in [5, 5.41) is 9.61. The van der Waals surface area contributed by atoms with Gasteiger partial charge in [-0.1, -0.05) is 35.9 Å². The molecule has 1 N–H and O–H groups in total. The largest absolute Gasteiger partial charge is 0.481 e. The van der Waals surface area contributed by atoms with Gasteiger partial charge in [-0.15, -0.1) is 0 Å². The van der Waals surface area contributed by atoms with E-state index < -0.39 is 5.97 Å². The Balaban J connectivity index is 2.37. The highest BCUT2D eigenvalue weighted by molar-refractivity contribution is 6.30. The van der Waals surface area contributed by atoms with Gasteiger partial charge >= 0.3 is 5.97 Å². The molecule has 0 heterocycles. The lowest BCUT2D eigenvalue weighted by Gasteiger charge is -2.16. The highest BCUT2D eigenvalue weighted by Crippen LogP contribution is 2.29. The number of hydrogen-bond donors (Lipinski definition) is 1. The first-order chi connectivity index (χ1) is 9.06. The minimum atomic E-state index is -0.899. The highest BCUT2D eigenvalue weighted by atomic mass is 35.5. The van der Waals surface area contributed by atoms with Crippen LogP contribution in [0.3, 0.4) is 0 Å². The number of halogens is 2. The zero-order chi connectivity index (χ0) is 13.8. The first-order valence-corrected chi connectivity index (χ1v) is 6.17. The molecular formula is C15H12ClFO2. The van der Waals surface area contributed by atoms with Gasteiger partial charge in [-0.2, -0.15) is 0 Å². The molecule has 0 unspecified atom stereocenters. The summed E-state index contributed by atoms with van der Waals surface area (Å²) < 4.78 is 12.9. The van der Waals surface area contributed by atoms with Crippen LogP contribution in [0, 0.1) is 5.82 Å². The fourth-order valence-electron chi connectivity index (χ4n) is 1.99. The van der Waals surface area contributed by atoms with Gasteiger partial charge in [0.15, 0.2) is 0 Å². The van der Waals surface area contributed by atoms with Crippen LogP contribution in [0.5, 0.6) is 0 Å². The minimum Gasteiger partial charge on any atom is -0.481 e. The molecule has 0 bridgehead atoms. The molecule has 0 amide bonds. The molecule has 0 aliphatic rings. The average Bonchev–Trinajstić information content (AvgIpc) is 2.38. The molecule has 0 aromatic heterocycles. The van der Waals surface area contributed by atoms with Gasteiger partial charge in [0, 0.05) is 10.9 Å². The number of aliphatic carboxylic acids is 1. The predicted octanol–water partition coefficient (Wildman–Crippen LogP) is 4.09. The highest BCUT2D eigenvalue weighted by Gasteiger charge is 2.17. The number of hydrogen-bond acceptors (Lipinski definition) is 1. The molecule has 2 aromatic rings.